The Balaban J connectivity index is 1.16. The van der Waals surface area contributed by atoms with E-state index in [1.54, 1.807) is 4.88 Å². The van der Waals surface area contributed by atoms with Crippen LogP contribution in [0.3, 0.4) is 0 Å². The summed E-state index contributed by atoms with van der Waals surface area (Å²) < 4.78 is 21.5. The zero-order valence-electron chi connectivity index (χ0n) is 19.6. The predicted molar refractivity (Wildman–Crippen MR) is 129 cm³/mol. The molecule has 4 heterocycles. The Morgan fingerprint density at radius 2 is 2.12 bits per heavy atom. The van der Waals surface area contributed by atoms with Gasteiger partial charge in [0.2, 0.25) is 0 Å². The summed E-state index contributed by atoms with van der Waals surface area (Å²) >= 11 is 1.98. The van der Waals surface area contributed by atoms with Crippen molar-refractivity contribution in [2.45, 2.75) is 77.1 Å². The molecule has 2 aromatic heterocycles. The molecule has 1 fully saturated rings. The molecule has 0 N–H and O–H groups in total. The number of hydrogen-bond acceptors (Lipinski definition) is 5. The maximum absolute atomic E-state index is 13.0. The number of fused-ring (bicyclic) bond motifs is 2. The molecule has 2 aliphatic rings. The van der Waals surface area contributed by atoms with Crippen molar-refractivity contribution >= 4 is 11.3 Å². The van der Waals surface area contributed by atoms with Crippen LogP contribution in [0.4, 0.5) is 4.39 Å². The van der Waals surface area contributed by atoms with Crippen LogP contribution in [0.5, 0.6) is 0 Å². The van der Waals surface area contributed by atoms with Gasteiger partial charge in [0, 0.05) is 48.0 Å². The summed E-state index contributed by atoms with van der Waals surface area (Å²) in [5, 5.41) is 8.76. The first-order valence-electron chi connectivity index (χ1n) is 12.2. The quantitative estimate of drug-likeness (QED) is 0.482. The minimum Gasteiger partial charge on any atom is -0.370 e. The fourth-order valence-corrected chi connectivity index (χ4v) is 6.51. The van der Waals surface area contributed by atoms with Crippen molar-refractivity contribution in [3.8, 4) is 0 Å². The highest BCUT2D eigenvalue weighted by molar-refractivity contribution is 7.12. The average molecular weight is 469 g/mol. The van der Waals surface area contributed by atoms with E-state index >= 15 is 0 Å². The molecule has 33 heavy (non-hydrogen) atoms. The summed E-state index contributed by atoms with van der Waals surface area (Å²) in [6, 6.07) is 9.59. The largest absolute Gasteiger partial charge is 0.370 e. The molecule has 5 rings (SSSR count). The van der Waals surface area contributed by atoms with Gasteiger partial charge in [0.05, 0.1) is 17.9 Å². The third-order valence-electron chi connectivity index (χ3n) is 7.18. The minimum absolute atomic E-state index is 0.106. The highest BCUT2D eigenvalue weighted by Gasteiger charge is 2.44. The average Bonchev–Trinajstić information content (AvgIpc) is 3.45. The summed E-state index contributed by atoms with van der Waals surface area (Å²) in [6.07, 6.45) is 8.17. The zero-order valence-corrected chi connectivity index (χ0v) is 20.4. The summed E-state index contributed by atoms with van der Waals surface area (Å²) in [6.45, 7) is 8.05. The van der Waals surface area contributed by atoms with Crippen LogP contribution in [0, 0.1) is 5.82 Å². The molecule has 0 radical (unpaired) electrons. The van der Waals surface area contributed by atoms with Gasteiger partial charge in [-0.25, -0.2) is 4.39 Å². The van der Waals surface area contributed by atoms with Crippen LogP contribution in [0.2, 0.25) is 0 Å². The number of benzene rings is 1. The molecule has 5 nitrogen and oxygen atoms in total. The lowest BCUT2D eigenvalue weighted by Crippen LogP contribution is -2.50. The summed E-state index contributed by atoms with van der Waals surface area (Å²) in [5.41, 5.74) is 3.53. The number of rotatable bonds is 7. The molecule has 7 heteroatoms. The van der Waals surface area contributed by atoms with Gasteiger partial charge in [-0.05, 0) is 68.4 Å². The second kappa shape index (κ2) is 9.65. The number of thiophene rings is 1. The van der Waals surface area contributed by atoms with Crippen LogP contribution >= 0.6 is 11.3 Å². The van der Waals surface area contributed by atoms with Crippen molar-refractivity contribution in [1.82, 2.24) is 19.9 Å². The Morgan fingerprint density at radius 3 is 2.91 bits per heavy atom. The van der Waals surface area contributed by atoms with Gasteiger partial charge < -0.3 is 4.74 Å². The molecule has 2 atom stereocenters. The molecule has 1 aromatic carbocycles. The molecular formula is C26H33FN4OS. The third kappa shape index (κ3) is 4.91. The van der Waals surface area contributed by atoms with Gasteiger partial charge in [0.15, 0.2) is 0 Å². The Bertz CT molecular complexity index is 1080. The Kier molecular flexibility index (Phi) is 6.63. The second-order valence-corrected chi connectivity index (χ2v) is 10.7. The number of aromatic nitrogens is 3. The van der Waals surface area contributed by atoms with E-state index in [9.17, 15) is 4.39 Å². The van der Waals surface area contributed by atoms with Gasteiger partial charge in [-0.2, -0.15) is 0 Å². The normalized spacial score (nSPS) is 23.2. The number of halogens is 1. The molecule has 0 unspecified atom stereocenters. The van der Waals surface area contributed by atoms with Crippen molar-refractivity contribution in [3.63, 3.8) is 0 Å². The Morgan fingerprint density at radius 1 is 1.27 bits per heavy atom. The second-order valence-electron chi connectivity index (χ2n) is 9.47. The first-order valence-corrected chi connectivity index (χ1v) is 13.0. The molecule has 176 valence electrons. The predicted octanol–water partition coefficient (Wildman–Crippen LogP) is 5.13. The lowest BCUT2D eigenvalue weighted by molar-refractivity contribution is -0.112. The van der Waals surface area contributed by atoms with Crippen LogP contribution in [0.1, 0.15) is 59.7 Å². The monoisotopic (exact) mass is 468 g/mol. The number of ether oxygens (including phenoxy) is 1. The number of piperidine rings is 1. The van der Waals surface area contributed by atoms with E-state index in [4.69, 9.17) is 4.74 Å². The topological polar surface area (TPSA) is 43.2 Å². The van der Waals surface area contributed by atoms with Gasteiger partial charge in [0.25, 0.3) is 0 Å². The van der Waals surface area contributed by atoms with Gasteiger partial charge in [-0.3, -0.25) is 9.58 Å². The van der Waals surface area contributed by atoms with E-state index in [1.165, 1.54) is 22.6 Å². The highest BCUT2D eigenvalue weighted by Crippen LogP contribution is 2.46. The van der Waals surface area contributed by atoms with Gasteiger partial charge in [-0.1, -0.05) is 24.3 Å². The van der Waals surface area contributed by atoms with Crippen LogP contribution in [0.25, 0.3) is 0 Å². The summed E-state index contributed by atoms with van der Waals surface area (Å²) in [4.78, 5) is 5.54. The van der Waals surface area contributed by atoms with Gasteiger partial charge in [0.1, 0.15) is 5.82 Å². The molecule has 0 saturated carbocycles. The van der Waals surface area contributed by atoms with Gasteiger partial charge in [-0.15, -0.1) is 16.4 Å². The third-order valence-corrected chi connectivity index (χ3v) is 8.51. The lowest BCUT2D eigenvalue weighted by Gasteiger charge is -2.47. The van der Waals surface area contributed by atoms with Crippen molar-refractivity contribution < 1.29 is 9.13 Å². The number of aryl methyl sites for hydroxylation is 3. The van der Waals surface area contributed by atoms with Crippen molar-refractivity contribution in [2.24, 2.45) is 0 Å². The summed E-state index contributed by atoms with van der Waals surface area (Å²) in [5.74, 6) is -0.186. The van der Waals surface area contributed by atoms with E-state index in [-0.39, 0.29) is 11.4 Å². The number of nitrogens with zero attached hydrogens (tertiary/aromatic N) is 4. The number of likely N-dealkylation sites (tertiary alicyclic amines) is 1. The fraction of sp³-hybridized carbons (Fsp3) is 0.538. The van der Waals surface area contributed by atoms with E-state index in [2.05, 4.69) is 41.3 Å². The maximum atomic E-state index is 13.0. The first kappa shape index (κ1) is 22.7. The first-order chi connectivity index (χ1) is 16.0. The molecule has 0 aliphatic carbocycles. The van der Waals surface area contributed by atoms with E-state index in [0.717, 1.165) is 76.0 Å². The van der Waals surface area contributed by atoms with Crippen LogP contribution in [0.15, 0.2) is 36.5 Å². The summed E-state index contributed by atoms with van der Waals surface area (Å²) in [7, 11) is 0. The maximum Gasteiger partial charge on any atom is 0.123 e. The van der Waals surface area contributed by atoms with Crippen molar-refractivity contribution in [2.75, 3.05) is 13.2 Å². The highest BCUT2D eigenvalue weighted by atomic mass is 32.1. The standard InChI is InChI=1S/C26H33FN4OS/c1-3-23-15-24-25(33-23)10-14-32-26(24)11-13-30(19(2)16-26)17-22-18-31(29-28-22)12-4-5-20-6-8-21(27)9-7-20/h6-9,15,18-19H,3-5,10-14,16-17H2,1-2H3/t19-,26+/m0/s1. The smallest absolute Gasteiger partial charge is 0.123 e. The molecule has 1 saturated heterocycles. The number of hydrogen-bond donors (Lipinski definition) is 0. The van der Waals surface area contributed by atoms with Crippen molar-refractivity contribution in [3.05, 3.63) is 68.9 Å². The van der Waals surface area contributed by atoms with Gasteiger partial charge >= 0.3 is 0 Å². The molecule has 2 aliphatic heterocycles. The van der Waals surface area contributed by atoms with Crippen LogP contribution in [-0.4, -0.2) is 39.1 Å². The molecular weight excluding hydrogens is 435 g/mol. The fourth-order valence-electron chi connectivity index (χ4n) is 5.33. The van der Waals surface area contributed by atoms with E-state index in [1.807, 2.05) is 28.2 Å². The SMILES string of the molecule is CCc1cc2c(s1)CCO[C@@]21CCN(Cc2cn(CCCc3ccc(F)cc3)nn2)[C@@H](C)C1. The van der Waals surface area contributed by atoms with Crippen LogP contribution in [-0.2, 0) is 42.7 Å². The lowest BCUT2D eigenvalue weighted by atomic mass is 9.79. The Hall–Kier alpha value is -2.09. The minimum atomic E-state index is -0.186. The molecule has 0 bridgehead atoms. The van der Waals surface area contributed by atoms with E-state index in [0.29, 0.717) is 6.04 Å². The van der Waals surface area contributed by atoms with Crippen molar-refractivity contribution in [1.29, 1.82) is 0 Å². The van der Waals surface area contributed by atoms with Crippen LogP contribution < -0.4 is 0 Å². The van der Waals surface area contributed by atoms with E-state index < -0.39 is 0 Å². The molecule has 3 aromatic rings. The zero-order chi connectivity index (χ0) is 22.8. The molecule has 0 amide bonds. The Labute approximate surface area is 199 Å². The molecule has 1 spiro atoms.